The Hall–Kier alpha value is -1.55. The molecule has 2 rings (SSSR count). The van der Waals surface area contributed by atoms with Crippen LogP contribution >= 0.6 is 0 Å². The highest BCUT2D eigenvalue weighted by atomic mass is 16.3. The van der Waals surface area contributed by atoms with Crippen molar-refractivity contribution in [3.8, 4) is 5.75 Å². The molecule has 0 aliphatic carbocycles. The summed E-state index contributed by atoms with van der Waals surface area (Å²) in [4.78, 5) is 14.4. The lowest BCUT2D eigenvalue weighted by atomic mass is 10.0. The maximum Gasteiger partial charge on any atom is 0.224 e. The van der Waals surface area contributed by atoms with Crippen LogP contribution in [-0.2, 0) is 11.2 Å². The zero-order chi connectivity index (χ0) is 15.1. The van der Waals surface area contributed by atoms with Crippen molar-refractivity contribution in [2.45, 2.75) is 45.1 Å². The smallest absolute Gasteiger partial charge is 0.224 e. The number of piperidine rings is 1. The van der Waals surface area contributed by atoms with Gasteiger partial charge < -0.3 is 15.3 Å². The predicted molar refractivity (Wildman–Crippen MR) is 84.3 cm³/mol. The van der Waals surface area contributed by atoms with Gasteiger partial charge >= 0.3 is 0 Å². The minimum atomic E-state index is 0.0206. The van der Waals surface area contributed by atoms with E-state index in [9.17, 15) is 9.90 Å². The van der Waals surface area contributed by atoms with Crippen LogP contribution in [0.1, 0.15) is 38.2 Å². The van der Waals surface area contributed by atoms with Gasteiger partial charge in [0.05, 0.1) is 6.42 Å². The van der Waals surface area contributed by atoms with E-state index in [0.29, 0.717) is 12.5 Å². The Morgan fingerprint density at radius 1 is 1.43 bits per heavy atom. The molecule has 21 heavy (non-hydrogen) atoms. The second kappa shape index (κ2) is 8.03. The molecule has 4 nitrogen and oxygen atoms in total. The average Bonchev–Trinajstić information content (AvgIpc) is 2.45. The fourth-order valence-electron chi connectivity index (χ4n) is 2.91. The van der Waals surface area contributed by atoms with Crippen LogP contribution in [0.3, 0.4) is 0 Å². The number of phenols is 1. The standard InChI is InChI=1S/C17H26N2O2/c1-14-6-2-3-10-19(14)11-5-9-18-17(21)13-15-7-4-8-16(20)12-15/h4,7-8,12,14,20H,2-3,5-6,9-11,13H2,1H3,(H,18,21). The van der Waals surface area contributed by atoms with Crippen LogP contribution < -0.4 is 5.32 Å². The van der Waals surface area contributed by atoms with E-state index in [1.165, 1.54) is 25.8 Å². The summed E-state index contributed by atoms with van der Waals surface area (Å²) in [6, 6.07) is 7.54. The SMILES string of the molecule is CC1CCCCN1CCCNC(=O)Cc1cccc(O)c1. The molecule has 1 atom stereocenters. The normalized spacial score (nSPS) is 19.4. The van der Waals surface area contributed by atoms with Crippen LogP contribution in [0.4, 0.5) is 0 Å². The lowest BCUT2D eigenvalue weighted by Gasteiger charge is -2.33. The lowest BCUT2D eigenvalue weighted by Crippen LogP contribution is -2.39. The van der Waals surface area contributed by atoms with Crippen LogP contribution in [0.25, 0.3) is 0 Å². The number of hydrogen-bond acceptors (Lipinski definition) is 3. The number of aromatic hydroxyl groups is 1. The van der Waals surface area contributed by atoms with Crippen molar-refractivity contribution in [3.63, 3.8) is 0 Å². The predicted octanol–water partition coefficient (Wildman–Crippen LogP) is 2.32. The highest BCUT2D eigenvalue weighted by molar-refractivity contribution is 5.78. The highest BCUT2D eigenvalue weighted by Gasteiger charge is 2.17. The van der Waals surface area contributed by atoms with E-state index < -0.39 is 0 Å². The molecule has 1 fully saturated rings. The van der Waals surface area contributed by atoms with E-state index in [2.05, 4.69) is 17.1 Å². The summed E-state index contributed by atoms with van der Waals surface area (Å²) in [5.74, 6) is 0.228. The Bertz CT molecular complexity index is 462. The van der Waals surface area contributed by atoms with E-state index in [0.717, 1.165) is 25.1 Å². The molecule has 1 heterocycles. The number of benzene rings is 1. The van der Waals surface area contributed by atoms with E-state index in [4.69, 9.17) is 0 Å². The molecule has 1 amide bonds. The summed E-state index contributed by atoms with van der Waals surface area (Å²) in [6.07, 6.45) is 5.26. The Balaban J connectivity index is 1.63. The third kappa shape index (κ3) is 5.38. The summed E-state index contributed by atoms with van der Waals surface area (Å²) in [5.41, 5.74) is 0.845. The highest BCUT2D eigenvalue weighted by Crippen LogP contribution is 2.16. The molecule has 4 heteroatoms. The van der Waals surface area contributed by atoms with Gasteiger partial charge in [-0.15, -0.1) is 0 Å². The van der Waals surface area contributed by atoms with E-state index in [-0.39, 0.29) is 11.7 Å². The summed E-state index contributed by atoms with van der Waals surface area (Å²) < 4.78 is 0. The van der Waals surface area contributed by atoms with Gasteiger partial charge in [-0.2, -0.15) is 0 Å². The molecule has 0 saturated carbocycles. The first kappa shape index (κ1) is 15.8. The third-order valence-corrected chi connectivity index (χ3v) is 4.16. The van der Waals surface area contributed by atoms with Crippen molar-refractivity contribution in [1.82, 2.24) is 10.2 Å². The molecule has 2 N–H and O–H groups in total. The van der Waals surface area contributed by atoms with Gasteiger partial charge in [0.2, 0.25) is 5.91 Å². The topological polar surface area (TPSA) is 52.6 Å². The van der Waals surface area contributed by atoms with Crippen molar-refractivity contribution in [3.05, 3.63) is 29.8 Å². The molecule has 1 unspecified atom stereocenters. The van der Waals surface area contributed by atoms with Gasteiger partial charge in [0.1, 0.15) is 5.75 Å². The van der Waals surface area contributed by atoms with E-state index in [1.54, 1.807) is 18.2 Å². The maximum absolute atomic E-state index is 11.8. The van der Waals surface area contributed by atoms with Gasteiger partial charge in [0.25, 0.3) is 0 Å². The Kier molecular flexibility index (Phi) is 6.05. The molecule has 1 aromatic rings. The monoisotopic (exact) mass is 290 g/mol. The molecule has 1 aliphatic rings. The zero-order valence-electron chi connectivity index (χ0n) is 12.8. The van der Waals surface area contributed by atoms with Gasteiger partial charge in [0.15, 0.2) is 0 Å². The number of likely N-dealkylation sites (tertiary alicyclic amines) is 1. The molecule has 0 radical (unpaired) electrons. The van der Waals surface area contributed by atoms with Gasteiger partial charge in [0, 0.05) is 19.1 Å². The summed E-state index contributed by atoms with van der Waals surface area (Å²) in [5, 5.41) is 12.3. The number of hydrogen-bond donors (Lipinski definition) is 2. The van der Waals surface area contributed by atoms with Crippen molar-refractivity contribution in [2.24, 2.45) is 0 Å². The first-order chi connectivity index (χ1) is 10.1. The fourth-order valence-corrected chi connectivity index (χ4v) is 2.91. The summed E-state index contributed by atoms with van der Waals surface area (Å²) in [7, 11) is 0. The van der Waals surface area contributed by atoms with Crippen molar-refractivity contribution in [2.75, 3.05) is 19.6 Å². The largest absolute Gasteiger partial charge is 0.508 e. The molecule has 1 saturated heterocycles. The number of nitrogens with one attached hydrogen (secondary N) is 1. The molecule has 116 valence electrons. The van der Waals surface area contributed by atoms with Gasteiger partial charge in [-0.25, -0.2) is 0 Å². The average molecular weight is 290 g/mol. The maximum atomic E-state index is 11.8. The molecular formula is C17H26N2O2. The van der Waals surface area contributed by atoms with Crippen molar-refractivity contribution in [1.29, 1.82) is 0 Å². The molecule has 0 spiro atoms. The Labute approximate surface area is 127 Å². The van der Waals surface area contributed by atoms with Crippen LogP contribution in [0.5, 0.6) is 5.75 Å². The molecular weight excluding hydrogens is 264 g/mol. The van der Waals surface area contributed by atoms with Crippen molar-refractivity contribution >= 4 is 5.91 Å². The number of phenolic OH excluding ortho intramolecular Hbond substituents is 1. The third-order valence-electron chi connectivity index (χ3n) is 4.16. The molecule has 0 aromatic heterocycles. The number of nitrogens with zero attached hydrogens (tertiary/aromatic N) is 1. The first-order valence-electron chi connectivity index (χ1n) is 7.94. The zero-order valence-corrected chi connectivity index (χ0v) is 12.8. The van der Waals surface area contributed by atoms with Gasteiger partial charge in [-0.1, -0.05) is 18.6 Å². The summed E-state index contributed by atoms with van der Waals surface area (Å²) in [6.45, 7) is 5.27. The molecule has 1 aromatic carbocycles. The molecule has 1 aliphatic heterocycles. The lowest BCUT2D eigenvalue weighted by molar-refractivity contribution is -0.120. The van der Waals surface area contributed by atoms with Crippen molar-refractivity contribution < 1.29 is 9.90 Å². The van der Waals surface area contributed by atoms with Crippen LogP contribution in [-0.4, -0.2) is 41.6 Å². The Morgan fingerprint density at radius 2 is 2.29 bits per heavy atom. The van der Waals surface area contributed by atoms with Gasteiger partial charge in [-0.3, -0.25) is 4.79 Å². The summed E-state index contributed by atoms with van der Waals surface area (Å²) >= 11 is 0. The quantitative estimate of drug-likeness (QED) is 0.791. The van der Waals surface area contributed by atoms with Crippen LogP contribution in [0.2, 0.25) is 0 Å². The van der Waals surface area contributed by atoms with Crippen LogP contribution in [0.15, 0.2) is 24.3 Å². The number of carbonyl (C=O) groups is 1. The number of carbonyl (C=O) groups excluding carboxylic acids is 1. The van der Waals surface area contributed by atoms with Gasteiger partial charge in [-0.05, 0) is 50.4 Å². The van der Waals surface area contributed by atoms with E-state index in [1.807, 2.05) is 6.07 Å². The second-order valence-electron chi connectivity index (χ2n) is 5.93. The minimum Gasteiger partial charge on any atom is -0.508 e. The van der Waals surface area contributed by atoms with Crippen LogP contribution in [0, 0.1) is 0 Å². The van der Waals surface area contributed by atoms with E-state index >= 15 is 0 Å². The molecule has 0 bridgehead atoms. The second-order valence-corrected chi connectivity index (χ2v) is 5.93. The fraction of sp³-hybridized carbons (Fsp3) is 0.588. The first-order valence-corrected chi connectivity index (χ1v) is 7.94. The minimum absolute atomic E-state index is 0.0206. The number of rotatable bonds is 6. The number of amides is 1. The Morgan fingerprint density at radius 3 is 3.05 bits per heavy atom.